The molecule has 4 rings (SSSR count). The molecule has 0 saturated heterocycles. The maximum atomic E-state index is 12.9. The van der Waals surface area contributed by atoms with Gasteiger partial charge in [-0.15, -0.1) is 0 Å². The molecule has 0 radical (unpaired) electrons. The summed E-state index contributed by atoms with van der Waals surface area (Å²) in [5.74, 6) is -0.455. The Labute approximate surface area is 179 Å². The van der Waals surface area contributed by atoms with Gasteiger partial charge in [0.05, 0.1) is 7.11 Å². The summed E-state index contributed by atoms with van der Waals surface area (Å²) in [6.07, 6.45) is 6.77. The molecule has 1 unspecified atom stereocenters. The normalized spacial score (nSPS) is 15.4. The molecule has 29 heavy (non-hydrogen) atoms. The number of benzene rings is 2. The molecule has 6 heteroatoms. The third-order valence-corrected chi connectivity index (χ3v) is 6.32. The van der Waals surface area contributed by atoms with Crippen LogP contribution >= 0.6 is 15.9 Å². The Balaban J connectivity index is 1.53. The Morgan fingerprint density at radius 2 is 1.76 bits per heavy atom. The van der Waals surface area contributed by atoms with Crippen molar-refractivity contribution < 1.29 is 14.3 Å². The summed E-state index contributed by atoms with van der Waals surface area (Å²) in [7, 11) is 1.34. The lowest BCUT2D eigenvalue weighted by Gasteiger charge is -2.20. The summed E-state index contributed by atoms with van der Waals surface area (Å²) in [6.45, 7) is 0. The van der Waals surface area contributed by atoms with Crippen molar-refractivity contribution >= 4 is 33.6 Å². The minimum Gasteiger partial charge on any atom is -0.467 e. The molecule has 2 aliphatic carbocycles. The van der Waals surface area contributed by atoms with Crippen molar-refractivity contribution in [3.05, 3.63) is 62.6 Å². The van der Waals surface area contributed by atoms with E-state index in [1.54, 1.807) is 0 Å². The van der Waals surface area contributed by atoms with Crippen molar-refractivity contribution in [1.82, 2.24) is 5.32 Å². The second-order valence-electron chi connectivity index (χ2n) is 7.74. The van der Waals surface area contributed by atoms with E-state index in [9.17, 15) is 9.59 Å². The highest BCUT2D eigenvalue weighted by molar-refractivity contribution is 9.10. The van der Waals surface area contributed by atoms with E-state index in [1.807, 2.05) is 24.3 Å². The quantitative estimate of drug-likeness (QED) is 0.657. The minimum absolute atomic E-state index is 0.357. The molecule has 0 saturated carbocycles. The largest absolute Gasteiger partial charge is 0.467 e. The first-order valence-electron chi connectivity index (χ1n) is 10.1. The van der Waals surface area contributed by atoms with Gasteiger partial charge in [0.25, 0.3) is 0 Å². The van der Waals surface area contributed by atoms with Crippen LogP contribution in [0.3, 0.4) is 0 Å². The number of esters is 1. The standard InChI is InChI=1S/C23H25BrN2O3/c1-29-22(27)20(12-14-5-2-8-17(24)11-14)25-23(28)26-21-18-9-3-6-15(18)13-16-7-4-10-19(16)21/h2,5,8,11,13,20H,3-4,6-7,9-10,12H2,1H3,(H2,25,26,28). The molecule has 2 aromatic rings. The lowest BCUT2D eigenvalue weighted by atomic mass is 9.99. The molecule has 2 aromatic carbocycles. The fourth-order valence-electron chi connectivity index (χ4n) is 4.51. The van der Waals surface area contributed by atoms with Gasteiger partial charge in [0.1, 0.15) is 6.04 Å². The van der Waals surface area contributed by atoms with E-state index < -0.39 is 12.0 Å². The molecule has 1 atom stereocenters. The van der Waals surface area contributed by atoms with Crippen molar-refractivity contribution in [2.24, 2.45) is 0 Å². The van der Waals surface area contributed by atoms with Gasteiger partial charge in [-0.05, 0) is 78.5 Å². The summed E-state index contributed by atoms with van der Waals surface area (Å²) in [6, 6.07) is 8.92. The number of carbonyl (C=O) groups is 2. The maximum absolute atomic E-state index is 12.9. The number of hydrogen-bond donors (Lipinski definition) is 2. The number of anilines is 1. The van der Waals surface area contributed by atoms with Crippen molar-refractivity contribution in [3.63, 3.8) is 0 Å². The Hall–Kier alpha value is -2.34. The zero-order chi connectivity index (χ0) is 20.4. The molecule has 0 bridgehead atoms. The average Bonchev–Trinajstić information content (AvgIpc) is 3.36. The SMILES string of the molecule is COC(=O)C(Cc1cccc(Br)c1)NC(=O)Nc1c2c(cc3c1CCC3)CCC2. The van der Waals surface area contributed by atoms with Crippen molar-refractivity contribution in [2.75, 3.05) is 12.4 Å². The number of urea groups is 1. The van der Waals surface area contributed by atoms with Crippen LogP contribution in [0.1, 0.15) is 40.7 Å². The number of amides is 2. The molecule has 0 heterocycles. The Morgan fingerprint density at radius 3 is 2.38 bits per heavy atom. The van der Waals surface area contributed by atoms with Gasteiger partial charge in [0.15, 0.2) is 0 Å². The first kappa shape index (κ1) is 20.0. The van der Waals surface area contributed by atoms with Crippen LogP contribution in [0.5, 0.6) is 0 Å². The van der Waals surface area contributed by atoms with Gasteiger partial charge in [-0.25, -0.2) is 9.59 Å². The Kier molecular flexibility index (Phi) is 5.90. The lowest BCUT2D eigenvalue weighted by molar-refractivity contribution is -0.142. The number of halogens is 1. The molecular weight excluding hydrogens is 432 g/mol. The van der Waals surface area contributed by atoms with Gasteiger partial charge in [0.2, 0.25) is 0 Å². The molecule has 2 amide bonds. The van der Waals surface area contributed by atoms with Crippen LogP contribution in [0.15, 0.2) is 34.8 Å². The average molecular weight is 457 g/mol. The van der Waals surface area contributed by atoms with E-state index in [1.165, 1.54) is 29.4 Å². The number of carbonyl (C=O) groups excluding carboxylic acids is 2. The van der Waals surface area contributed by atoms with Gasteiger partial charge in [-0.2, -0.15) is 0 Å². The van der Waals surface area contributed by atoms with Gasteiger partial charge >= 0.3 is 12.0 Å². The second-order valence-corrected chi connectivity index (χ2v) is 8.66. The van der Waals surface area contributed by atoms with Crippen LogP contribution in [-0.2, 0) is 41.6 Å². The Bertz CT molecular complexity index is 925. The highest BCUT2D eigenvalue weighted by Crippen LogP contribution is 2.38. The van der Waals surface area contributed by atoms with E-state index >= 15 is 0 Å². The van der Waals surface area contributed by atoms with Crippen LogP contribution in [-0.4, -0.2) is 25.2 Å². The van der Waals surface area contributed by atoms with Crippen LogP contribution in [0.25, 0.3) is 0 Å². The number of fused-ring (bicyclic) bond motifs is 2. The summed E-state index contributed by atoms with van der Waals surface area (Å²) in [5, 5.41) is 5.91. The number of nitrogens with one attached hydrogen (secondary N) is 2. The van der Waals surface area contributed by atoms with Gasteiger partial charge in [-0.3, -0.25) is 0 Å². The predicted molar refractivity (Wildman–Crippen MR) is 116 cm³/mol. The molecular formula is C23H25BrN2O3. The van der Waals surface area contributed by atoms with Crippen LogP contribution in [0, 0.1) is 0 Å². The lowest BCUT2D eigenvalue weighted by Crippen LogP contribution is -2.45. The molecule has 0 spiro atoms. The molecule has 2 N–H and O–H groups in total. The molecule has 0 fully saturated rings. The summed E-state index contributed by atoms with van der Waals surface area (Å²) in [4.78, 5) is 25.1. The number of hydrogen-bond acceptors (Lipinski definition) is 3. The van der Waals surface area contributed by atoms with E-state index in [-0.39, 0.29) is 6.03 Å². The Morgan fingerprint density at radius 1 is 1.07 bits per heavy atom. The minimum atomic E-state index is -0.751. The van der Waals surface area contributed by atoms with E-state index in [2.05, 4.69) is 32.6 Å². The summed E-state index contributed by atoms with van der Waals surface area (Å²) >= 11 is 3.44. The number of rotatable bonds is 5. The molecule has 2 aliphatic rings. The monoisotopic (exact) mass is 456 g/mol. The molecule has 0 aromatic heterocycles. The van der Waals surface area contributed by atoms with Crippen molar-refractivity contribution in [1.29, 1.82) is 0 Å². The van der Waals surface area contributed by atoms with E-state index in [0.717, 1.165) is 54.2 Å². The summed E-state index contributed by atoms with van der Waals surface area (Å²) in [5.41, 5.74) is 7.16. The van der Waals surface area contributed by atoms with Gasteiger partial charge in [-0.1, -0.05) is 34.1 Å². The third-order valence-electron chi connectivity index (χ3n) is 5.83. The van der Waals surface area contributed by atoms with Crippen LogP contribution in [0.2, 0.25) is 0 Å². The van der Waals surface area contributed by atoms with Crippen LogP contribution < -0.4 is 10.6 Å². The number of methoxy groups -OCH3 is 1. The third kappa shape index (κ3) is 4.32. The second kappa shape index (κ2) is 8.57. The van der Waals surface area contributed by atoms with Crippen molar-refractivity contribution in [2.45, 2.75) is 51.0 Å². The van der Waals surface area contributed by atoms with Gasteiger partial charge in [0, 0.05) is 16.6 Å². The highest BCUT2D eigenvalue weighted by Gasteiger charge is 2.27. The topological polar surface area (TPSA) is 67.4 Å². The fourth-order valence-corrected chi connectivity index (χ4v) is 4.96. The van der Waals surface area contributed by atoms with E-state index in [0.29, 0.717) is 6.42 Å². The smallest absolute Gasteiger partial charge is 0.328 e. The summed E-state index contributed by atoms with van der Waals surface area (Å²) < 4.78 is 5.85. The molecule has 152 valence electrons. The number of ether oxygens (including phenoxy) is 1. The molecule has 0 aliphatic heterocycles. The van der Waals surface area contributed by atoms with Crippen LogP contribution in [0.4, 0.5) is 10.5 Å². The highest BCUT2D eigenvalue weighted by atomic mass is 79.9. The number of aryl methyl sites for hydroxylation is 2. The van der Waals surface area contributed by atoms with E-state index in [4.69, 9.17) is 4.74 Å². The zero-order valence-corrected chi connectivity index (χ0v) is 18.1. The predicted octanol–water partition coefficient (Wildman–Crippen LogP) is 4.33. The van der Waals surface area contributed by atoms with Crippen molar-refractivity contribution in [3.8, 4) is 0 Å². The first-order valence-corrected chi connectivity index (χ1v) is 10.9. The first-order chi connectivity index (χ1) is 14.0. The van der Waals surface area contributed by atoms with Gasteiger partial charge < -0.3 is 15.4 Å². The zero-order valence-electron chi connectivity index (χ0n) is 16.5. The fraction of sp³-hybridized carbons (Fsp3) is 0.391. The maximum Gasteiger partial charge on any atom is 0.328 e. The molecule has 5 nitrogen and oxygen atoms in total.